The molecule has 202 valence electrons. The van der Waals surface area contributed by atoms with Crippen LogP contribution in [0.1, 0.15) is 63.9 Å². The number of fused-ring (bicyclic) bond motifs is 1. The van der Waals surface area contributed by atoms with E-state index < -0.39 is 17.9 Å². The number of nitrogens with zero attached hydrogens (tertiary/aromatic N) is 1. The predicted molar refractivity (Wildman–Crippen MR) is 145 cm³/mol. The van der Waals surface area contributed by atoms with Crippen LogP contribution in [0.15, 0.2) is 30.3 Å². The highest BCUT2D eigenvalue weighted by Gasteiger charge is 2.30. The molecule has 0 unspecified atom stereocenters. The Morgan fingerprint density at radius 3 is 2.37 bits per heavy atom. The van der Waals surface area contributed by atoms with Gasteiger partial charge in [-0.1, -0.05) is 54.1 Å². The number of carbonyl (C=O) groups excluding carboxylic acids is 3. The summed E-state index contributed by atoms with van der Waals surface area (Å²) in [5.41, 5.74) is 1.86. The van der Waals surface area contributed by atoms with Gasteiger partial charge in [-0.25, -0.2) is 4.79 Å². The van der Waals surface area contributed by atoms with Crippen LogP contribution in [-0.2, 0) is 22.6 Å². The van der Waals surface area contributed by atoms with E-state index in [1.807, 2.05) is 0 Å². The molecule has 1 aliphatic heterocycles. The molecule has 2 aliphatic rings. The topological polar surface area (TPSA) is 116 Å². The molecule has 2 aromatic carbocycles. The van der Waals surface area contributed by atoms with Crippen LogP contribution >= 0.6 is 34.8 Å². The van der Waals surface area contributed by atoms with Crippen LogP contribution in [0.3, 0.4) is 0 Å². The van der Waals surface area contributed by atoms with Crippen molar-refractivity contribution < 1.29 is 24.3 Å². The fourth-order valence-corrected chi connectivity index (χ4v) is 5.84. The maximum Gasteiger partial charge on any atom is 0.328 e. The number of amides is 3. The Morgan fingerprint density at radius 1 is 1.03 bits per heavy atom. The van der Waals surface area contributed by atoms with Gasteiger partial charge >= 0.3 is 5.97 Å². The highest BCUT2D eigenvalue weighted by atomic mass is 35.5. The summed E-state index contributed by atoms with van der Waals surface area (Å²) < 4.78 is 0. The highest BCUT2D eigenvalue weighted by Crippen LogP contribution is 2.35. The monoisotopic (exact) mass is 579 g/mol. The molecule has 0 bridgehead atoms. The quantitative estimate of drug-likeness (QED) is 0.438. The van der Waals surface area contributed by atoms with Gasteiger partial charge in [-0.05, 0) is 60.7 Å². The van der Waals surface area contributed by atoms with Crippen molar-refractivity contribution in [3.63, 3.8) is 0 Å². The number of rotatable bonds is 7. The van der Waals surface area contributed by atoms with E-state index in [9.17, 15) is 24.3 Å². The lowest BCUT2D eigenvalue weighted by Crippen LogP contribution is -2.49. The Bertz CT molecular complexity index is 1250. The lowest BCUT2D eigenvalue weighted by molar-refractivity contribution is -0.139. The van der Waals surface area contributed by atoms with Gasteiger partial charge in [0.2, 0.25) is 5.91 Å². The maximum atomic E-state index is 13.1. The first-order valence-electron chi connectivity index (χ1n) is 12.5. The largest absolute Gasteiger partial charge is 0.480 e. The van der Waals surface area contributed by atoms with Gasteiger partial charge in [0.05, 0.1) is 15.6 Å². The average Bonchev–Trinajstić information content (AvgIpc) is 2.90. The summed E-state index contributed by atoms with van der Waals surface area (Å²) in [5, 5.41) is 15.4. The molecule has 0 spiro atoms. The predicted octanol–water partition coefficient (Wildman–Crippen LogP) is 4.72. The number of carboxylic acid groups (broad SMARTS) is 1. The zero-order chi connectivity index (χ0) is 27.4. The van der Waals surface area contributed by atoms with E-state index in [1.165, 1.54) is 0 Å². The number of carbonyl (C=O) groups is 4. The lowest BCUT2D eigenvalue weighted by atomic mass is 9.88. The second kappa shape index (κ2) is 12.4. The Hall–Kier alpha value is -2.81. The Labute approximate surface area is 235 Å². The summed E-state index contributed by atoms with van der Waals surface area (Å²) in [6.45, 7) is 0.378. The van der Waals surface area contributed by atoms with Gasteiger partial charge in [0.1, 0.15) is 6.04 Å². The number of hydrogen-bond donors (Lipinski definition) is 3. The number of carboxylic acids is 1. The summed E-state index contributed by atoms with van der Waals surface area (Å²) in [6, 6.07) is 6.84. The first-order valence-corrected chi connectivity index (χ1v) is 13.6. The third kappa shape index (κ3) is 6.42. The van der Waals surface area contributed by atoms with Crippen LogP contribution in [0, 0.1) is 5.92 Å². The van der Waals surface area contributed by atoms with Gasteiger partial charge in [0, 0.05) is 36.1 Å². The zero-order valence-corrected chi connectivity index (χ0v) is 22.8. The van der Waals surface area contributed by atoms with Gasteiger partial charge in [0.15, 0.2) is 0 Å². The van der Waals surface area contributed by atoms with Gasteiger partial charge < -0.3 is 20.6 Å². The number of halogens is 3. The Kier molecular flexibility index (Phi) is 9.18. The van der Waals surface area contributed by atoms with Crippen molar-refractivity contribution >= 4 is 58.5 Å². The van der Waals surface area contributed by atoms with E-state index in [2.05, 4.69) is 10.6 Å². The van der Waals surface area contributed by atoms with Crippen LogP contribution in [-0.4, -0.2) is 52.8 Å². The van der Waals surface area contributed by atoms with E-state index >= 15 is 0 Å². The minimum Gasteiger partial charge on any atom is -0.480 e. The normalized spacial score (nSPS) is 16.3. The van der Waals surface area contributed by atoms with Crippen molar-refractivity contribution in [2.24, 2.45) is 5.92 Å². The molecule has 1 atom stereocenters. The molecule has 2 aromatic rings. The van der Waals surface area contributed by atoms with E-state index in [0.29, 0.717) is 34.7 Å². The van der Waals surface area contributed by atoms with Crippen molar-refractivity contribution in [2.45, 2.75) is 51.1 Å². The van der Waals surface area contributed by atoms with Gasteiger partial charge in [0.25, 0.3) is 11.8 Å². The molecule has 11 heteroatoms. The molecule has 1 aliphatic carbocycles. The standard InChI is InChI=1S/C27H28Cl3N3O5/c28-18-8-6-16(7-9-18)26(36)33-11-10-19-17(14-33)12-20(29)22(23(19)30)25(35)32-21(27(37)38)13-31-24(34)15-4-2-1-3-5-15/h6-9,12,15,21H,1-5,10-11,13-14H2,(H,31,34)(H,32,35)(H,37,38)/t21-/m0/s1. The van der Waals surface area contributed by atoms with Crippen molar-refractivity contribution in [2.75, 3.05) is 13.1 Å². The number of benzene rings is 2. The third-order valence-corrected chi connectivity index (χ3v) is 8.04. The minimum atomic E-state index is -1.36. The summed E-state index contributed by atoms with van der Waals surface area (Å²) in [5.74, 6) is -2.54. The van der Waals surface area contributed by atoms with E-state index in [-0.39, 0.29) is 46.4 Å². The molecule has 1 saturated carbocycles. The molecular weight excluding hydrogens is 553 g/mol. The highest BCUT2D eigenvalue weighted by molar-refractivity contribution is 6.40. The van der Waals surface area contributed by atoms with Crippen LogP contribution < -0.4 is 10.6 Å². The van der Waals surface area contributed by atoms with Crippen LogP contribution in [0.2, 0.25) is 15.1 Å². The summed E-state index contributed by atoms with van der Waals surface area (Å²) in [6.07, 6.45) is 4.98. The Balaban J connectivity index is 1.45. The third-order valence-electron chi connectivity index (χ3n) is 7.07. The molecule has 0 aromatic heterocycles. The van der Waals surface area contributed by atoms with E-state index in [4.69, 9.17) is 34.8 Å². The van der Waals surface area contributed by atoms with Crippen molar-refractivity contribution in [3.8, 4) is 0 Å². The van der Waals surface area contributed by atoms with Crippen molar-refractivity contribution in [1.82, 2.24) is 15.5 Å². The van der Waals surface area contributed by atoms with Gasteiger partial charge in [-0.3, -0.25) is 14.4 Å². The first-order chi connectivity index (χ1) is 18.2. The Morgan fingerprint density at radius 2 is 1.71 bits per heavy atom. The van der Waals surface area contributed by atoms with Gasteiger partial charge in [-0.2, -0.15) is 0 Å². The summed E-state index contributed by atoms with van der Waals surface area (Å²) >= 11 is 19.0. The smallest absolute Gasteiger partial charge is 0.328 e. The number of hydrogen-bond acceptors (Lipinski definition) is 4. The van der Waals surface area contributed by atoms with Crippen molar-refractivity contribution in [1.29, 1.82) is 0 Å². The minimum absolute atomic E-state index is 0.0329. The fourth-order valence-electron chi connectivity index (χ4n) is 4.95. The molecule has 8 nitrogen and oxygen atoms in total. The second-order valence-corrected chi connectivity index (χ2v) is 10.8. The number of aliphatic carboxylic acids is 1. The average molecular weight is 581 g/mol. The molecule has 3 N–H and O–H groups in total. The van der Waals surface area contributed by atoms with Crippen LogP contribution in [0.4, 0.5) is 0 Å². The molecule has 38 heavy (non-hydrogen) atoms. The molecule has 1 fully saturated rings. The van der Waals surface area contributed by atoms with Crippen LogP contribution in [0.25, 0.3) is 0 Å². The molecule has 1 heterocycles. The molecular formula is C27H28Cl3N3O5. The summed E-state index contributed by atoms with van der Waals surface area (Å²) in [4.78, 5) is 51.9. The second-order valence-electron chi connectivity index (χ2n) is 9.61. The zero-order valence-electron chi connectivity index (χ0n) is 20.6. The molecule has 4 rings (SSSR count). The van der Waals surface area contributed by atoms with E-state index in [1.54, 1.807) is 35.2 Å². The maximum absolute atomic E-state index is 13.1. The molecule has 0 radical (unpaired) electrons. The van der Waals surface area contributed by atoms with Crippen molar-refractivity contribution in [3.05, 3.63) is 67.7 Å². The SMILES string of the molecule is O=C(N[C@@H](CNC(=O)C1CCCCC1)C(=O)O)c1c(Cl)cc2c(c1Cl)CCN(C(=O)c1ccc(Cl)cc1)C2. The van der Waals surface area contributed by atoms with Gasteiger partial charge in [-0.15, -0.1) is 0 Å². The van der Waals surface area contributed by atoms with Crippen LogP contribution in [0.5, 0.6) is 0 Å². The lowest BCUT2D eigenvalue weighted by Gasteiger charge is -2.30. The van der Waals surface area contributed by atoms with E-state index in [0.717, 1.165) is 32.1 Å². The first kappa shape index (κ1) is 28.2. The molecule has 0 saturated heterocycles. The summed E-state index contributed by atoms with van der Waals surface area (Å²) in [7, 11) is 0. The number of nitrogens with one attached hydrogen (secondary N) is 2. The molecule has 3 amide bonds. The fraction of sp³-hybridized carbons (Fsp3) is 0.407.